The van der Waals surface area contributed by atoms with E-state index < -0.39 is 46.9 Å². The molecule has 0 saturated carbocycles. The second kappa shape index (κ2) is 6.83. The Morgan fingerprint density at radius 1 is 1.39 bits per heavy atom. The largest absolute Gasteiger partial charge is 0.481 e. The van der Waals surface area contributed by atoms with Crippen LogP contribution in [0.1, 0.15) is 13.3 Å². The maximum atomic E-state index is 11.9. The second-order valence-corrected chi connectivity index (χ2v) is 4.89. The molecular weight excluding hydrogens is 275 g/mol. The van der Waals surface area contributed by atoms with E-state index in [2.05, 4.69) is 5.32 Å². The molecule has 0 fully saturated rings. The number of carbonyl (C=O) groups excluding carboxylic acids is 1. The smallest absolute Gasteiger partial charge is 0.442 e. The summed E-state index contributed by atoms with van der Waals surface area (Å²) in [5, 5.41) is 10.9. The molecule has 0 bridgehead atoms. The molecule has 9 heteroatoms. The molecule has 2 N–H and O–H groups in total. The molecule has 0 aliphatic carbocycles. The van der Waals surface area contributed by atoms with Crippen LogP contribution >= 0.6 is 11.8 Å². The average molecular weight is 289 g/mol. The molecule has 5 nitrogen and oxygen atoms in total. The van der Waals surface area contributed by atoms with Crippen molar-refractivity contribution in [3.63, 3.8) is 0 Å². The van der Waals surface area contributed by atoms with E-state index in [-0.39, 0.29) is 6.61 Å². The number of alkyl halides is 3. The number of carboxylic acids is 1. The van der Waals surface area contributed by atoms with E-state index in [1.165, 1.54) is 14.0 Å². The fourth-order valence-corrected chi connectivity index (χ4v) is 1.67. The number of rotatable bonds is 7. The number of nitrogens with one attached hydrogen (secondary N) is 1. The van der Waals surface area contributed by atoms with Crippen LogP contribution in [-0.2, 0) is 14.3 Å². The van der Waals surface area contributed by atoms with E-state index in [0.29, 0.717) is 0 Å². The zero-order chi connectivity index (χ0) is 14.4. The zero-order valence-electron chi connectivity index (χ0n) is 9.84. The van der Waals surface area contributed by atoms with Gasteiger partial charge in [0, 0.05) is 7.11 Å². The molecular formula is C9H14F3NO4S. The predicted molar refractivity (Wildman–Crippen MR) is 59.2 cm³/mol. The third-order valence-corrected chi connectivity index (χ3v) is 2.55. The monoisotopic (exact) mass is 289 g/mol. The van der Waals surface area contributed by atoms with Gasteiger partial charge < -0.3 is 15.2 Å². The minimum Gasteiger partial charge on any atom is -0.481 e. The number of amides is 1. The zero-order valence-corrected chi connectivity index (χ0v) is 10.7. The fourth-order valence-electron chi connectivity index (χ4n) is 1.30. The fraction of sp³-hybridized carbons (Fsp3) is 0.778. The lowest BCUT2D eigenvalue weighted by atomic mass is 9.99. The number of thioether (sulfide) groups is 1. The standard InChI is InChI=1S/C9H14F3NO4S/c1-8(5-17-2,3-7(15)16)13-6(14)4-18-9(10,11)12/h3-5H2,1-2H3,(H,13,14)(H,15,16). The molecule has 106 valence electrons. The molecule has 0 aromatic carbocycles. The van der Waals surface area contributed by atoms with Crippen LogP contribution in [0.2, 0.25) is 0 Å². The minimum atomic E-state index is -4.50. The molecule has 0 radical (unpaired) electrons. The van der Waals surface area contributed by atoms with Crippen molar-refractivity contribution in [2.75, 3.05) is 19.5 Å². The summed E-state index contributed by atoms with van der Waals surface area (Å²) in [4.78, 5) is 21.9. The molecule has 0 aromatic rings. The highest BCUT2D eigenvalue weighted by Crippen LogP contribution is 2.29. The number of hydrogen-bond donors (Lipinski definition) is 2. The summed E-state index contributed by atoms with van der Waals surface area (Å²) in [5.74, 6) is -2.89. The molecule has 1 unspecified atom stereocenters. The van der Waals surface area contributed by atoms with Gasteiger partial charge in [0.05, 0.1) is 24.3 Å². The van der Waals surface area contributed by atoms with Crippen molar-refractivity contribution in [3.05, 3.63) is 0 Å². The van der Waals surface area contributed by atoms with Gasteiger partial charge in [-0.3, -0.25) is 9.59 Å². The SMILES string of the molecule is COCC(C)(CC(=O)O)NC(=O)CSC(F)(F)F. The molecule has 1 atom stereocenters. The van der Waals surface area contributed by atoms with Crippen molar-refractivity contribution in [2.45, 2.75) is 24.4 Å². The van der Waals surface area contributed by atoms with Gasteiger partial charge in [-0.1, -0.05) is 0 Å². The molecule has 0 rings (SSSR count). The van der Waals surface area contributed by atoms with Crippen LogP contribution in [-0.4, -0.2) is 47.5 Å². The van der Waals surface area contributed by atoms with Crippen molar-refractivity contribution >= 4 is 23.6 Å². The third kappa shape index (κ3) is 8.18. The average Bonchev–Trinajstić information content (AvgIpc) is 2.12. The van der Waals surface area contributed by atoms with Gasteiger partial charge in [-0.15, -0.1) is 0 Å². The van der Waals surface area contributed by atoms with E-state index in [4.69, 9.17) is 9.84 Å². The van der Waals surface area contributed by atoms with Crippen molar-refractivity contribution in [2.24, 2.45) is 0 Å². The number of methoxy groups -OCH3 is 1. The van der Waals surface area contributed by atoms with Gasteiger partial charge in [-0.05, 0) is 18.7 Å². The summed E-state index contributed by atoms with van der Waals surface area (Å²) in [7, 11) is 1.30. The van der Waals surface area contributed by atoms with Gasteiger partial charge in [0.1, 0.15) is 0 Å². The summed E-state index contributed by atoms with van der Waals surface area (Å²) < 4.78 is 40.4. The Kier molecular flexibility index (Phi) is 6.47. The highest BCUT2D eigenvalue weighted by molar-refractivity contribution is 8.00. The molecule has 1 amide bonds. The van der Waals surface area contributed by atoms with Gasteiger partial charge >= 0.3 is 11.5 Å². The first-order valence-electron chi connectivity index (χ1n) is 4.80. The Bertz CT molecular complexity index is 311. The highest BCUT2D eigenvalue weighted by Gasteiger charge is 2.33. The van der Waals surface area contributed by atoms with E-state index in [1.54, 1.807) is 0 Å². The Morgan fingerprint density at radius 2 is 1.94 bits per heavy atom. The Balaban J connectivity index is 4.40. The molecule has 0 aliphatic heterocycles. The van der Waals surface area contributed by atoms with Crippen LogP contribution < -0.4 is 5.32 Å². The lowest BCUT2D eigenvalue weighted by Gasteiger charge is -2.28. The van der Waals surface area contributed by atoms with Crippen LogP contribution in [0.15, 0.2) is 0 Å². The second-order valence-electron chi connectivity index (χ2n) is 3.85. The molecule has 0 heterocycles. The summed E-state index contributed by atoms with van der Waals surface area (Å²) in [6, 6.07) is 0. The third-order valence-electron chi connectivity index (χ3n) is 1.81. The van der Waals surface area contributed by atoms with Crippen molar-refractivity contribution in [3.8, 4) is 0 Å². The number of halogens is 3. The van der Waals surface area contributed by atoms with E-state index in [0.717, 1.165) is 0 Å². The molecule has 18 heavy (non-hydrogen) atoms. The number of hydrogen-bond acceptors (Lipinski definition) is 4. The molecule has 0 aromatic heterocycles. The Hall–Kier alpha value is -0.960. The van der Waals surface area contributed by atoms with Crippen LogP contribution in [0.3, 0.4) is 0 Å². The number of carbonyl (C=O) groups is 2. The lowest BCUT2D eigenvalue weighted by molar-refractivity contribution is -0.139. The maximum absolute atomic E-state index is 11.9. The van der Waals surface area contributed by atoms with Crippen molar-refractivity contribution in [1.29, 1.82) is 0 Å². The number of ether oxygens (including phenoxy) is 1. The summed E-state index contributed by atoms with van der Waals surface area (Å²) in [6.07, 6.45) is -0.441. The van der Waals surface area contributed by atoms with Crippen LogP contribution in [0.5, 0.6) is 0 Å². The molecule has 0 aliphatic rings. The molecule has 0 spiro atoms. The first kappa shape index (κ1) is 17.0. The molecule has 0 saturated heterocycles. The van der Waals surface area contributed by atoms with E-state index in [1.807, 2.05) is 0 Å². The maximum Gasteiger partial charge on any atom is 0.442 e. The van der Waals surface area contributed by atoms with Gasteiger partial charge in [0.25, 0.3) is 0 Å². The quantitative estimate of drug-likeness (QED) is 0.737. The predicted octanol–water partition coefficient (Wildman–Crippen LogP) is 1.24. The van der Waals surface area contributed by atoms with Crippen molar-refractivity contribution in [1.82, 2.24) is 5.32 Å². The minimum absolute atomic E-state index is 0.109. The van der Waals surface area contributed by atoms with Gasteiger partial charge in [-0.2, -0.15) is 13.2 Å². The highest BCUT2D eigenvalue weighted by atomic mass is 32.2. The van der Waals surface area contributed by atoms with E-state index >= 15 is 0 Å². The first-order valence-corrected chi connectivity index (χ1v) is 5.79. The summed E-state index contributed by atoms with van der Waals surface area (Å²) in [5.41, 5.74) is -5.73. The van der Waals surface area contributed by atoms with Crippen molar-refractivity contribution < 1.29 is 32.6 Å². The summed E-state index contributed by atoms with van der Waals surface area (Å²) >= 11 is -0.481. The Morgan fingerprint density at radius 3 is 2.33 bits per heavy atom. The topological polar surface area (TPSA) is 75.6 Å². The number of carboxylic acid groups (broad SMARTS) is 1. The Labute approximate surface area is 106 Å². The van der Waals surface area contributed by atoms with E-state index in [9.17, 15) is 22.8 Å². The van der Waals surface area contributed by atoms with Gasteiger partial charge in [0.15, 0.2) is 0 Å². The number of aliphatic carboxylic acids is 1. The normalized spacial score (nSPS) is 14.9. The lowest BCUT2D eigenvalue weighted by Crippen LogP contribution is -2.51. The first-order chi connectivity index (χ1) is 8.08. The van der Waals surface area contributed by atoms with Crippen LogP contribution in [0.4, 0.5) is 13.2 Å². The summed E-state index contributed by atoms with van der Waals surface area (Å²) in [6.45, 7) is 1.28. The van der Waals surface area contributed by atoms with Crippen LogP contribution in [0, 0.1) is 0 Å². The van der Waals surface area contributed by atoms with Gasteiger partial charge in [0.2, 0.25) is 5.91 Å². The van der Waals surface area contributed by atoms with Crippen LogP contribution in [0.25, 0.3) is 0 Å². The van der Waals surface area contributed by atoms with Gasteiger partial charge in [-0.25, -0.2) is 0 Å².